The third kappa shape index (κ3) is 4.73. The molecule has 2 aromatic rings. The van der Waals surface area contributed by atoms with Crippen LogP contribution in [0.3, 0.4) is 0 Å². The monoisotopic (exact) mass is 342 g/mol. The van der Waals surface area contributed by atoms with Gasteiger partial charge in [0, 0.05) is 17.2 Å². The van der Waals surface area contributed by atoms with Crippen molar-refractivity contribution in [3.05, 3.63) is 59.2 Å². The standard InChI is InChI=1S/C19H22N2O4/c1-12(2)13-5-7-14(8-6-13)18(22)20-21-19(23)15-9-16(24-3)11-17(10-15)25-4/h5-12H,1-4H3,(H,20,22)(H,21,23). The normalized spacial score (nSPS) is 10.3. The minimum Gasteiger partial charge on any atom is -0.497 e. The van der Waals surface area contributed by atoms with Crippen LogP contribution in [0.5, 0.6) is 11.5 Å². The zero-order chi connectivity index (χ0) is 18.4. The second kappa shape index (κ2) is 8.19. The van der Waals surface area contributed by atoms with E-state index in [1.54, 1.807) is 30.3 Å². The number of hydrogen-bond acceptors (Lipinski definition) is 4. The first-order chi connectivity index (χ1) is 11.9. The third-order valence-corrected chi connectivity index (χ3v) is 3.74. The minimum atomic E-state index is -0.468. The molecule has 0 unspecified atom stereocenters. The van der Waals surface area contributed by atoms with Gasteiger partial charge in [-0.1, -0.05) is 26.0 Å². The fourth-order valence-corrected chi connectivity index (χ4v) is 2.22. The molecular weight excluding hydrogens is 320 g/mol. The van der Waals surface area contributed by atoms with Crippen LogP contribution in [0.1, 0.15) is 46.0 Å². The van der Waals surface area contributed by atoms with Crippen LogP contribution in [-0.2, 0) is 0 Å². The number of benzene rings is 2. The predicted molar refractivity (Wildman–Crippen MR) is 95.0 cm³/mol. The second-order valence-electron chi connectivity index (χ2n) is 5.79. The van der Waals surface area contributed by atoms with E-state index in [2.05, 4.69) is 24.7 Å². The molecule has 0 heterocycles. The van der Waals surface area contributed by atoms with Gasteiger partial charge in [0.2, 0.25) is 0 Å². The number of methoxy groups -OCH3 is 2. The van der Waals surface area contributed by atoms with E-state index in [9.17, 15) is 9.59 Å². The van der Waals surface area contributed by atoms with E-state index in [1.807, 2.05) is 12.1 Å². The van der Waals surface area contributed by atoms with Crippen molar-refractivity contribution in [3.8, 4) is 11.5 Å². The van der Waals surface area contributed by atoms with Gasteiger partial charge >= 0.3 is 0 Å². The molecule has 6 nitrogen and oxygen atoms in total. The highest BCUT2D eigenvalue weighted by molar-refractivity contribution is 5.99. The lowest BCUT2D eigenvalue weighted by Gasteiger charge is -2.11. The van der Waals surface area contributed by atoms with Gasteiger partial charge in [-0.3, -0.25) is 20.4 Å². The summed E-state index contributed by atoms with van der Waals surface area (Å²) in [6.07, 6.45) is 0. The number of carbonyl (C=O) groups is 2. The molecule has 0 aliphatic rings. The average Bonchev–Trinajstić information content (AvgIpc) is 2.65. The summed E-state index contributed by atoms with van der Waals surface area (Å²) in [5.41, 5.74) is 6.71. The van der Waals surface area contributed by atoms with Crippen molar-refractivity contribution in [2.75, 3.05) is 14.2 Å². The molecule has 0 aliphatic heterocycles. The average molecular weight is 342 g/mol. The van der Waals surface area contributed by atoms with Crippen LogP contribution in [0.2, 0.25) is 0 Å². The zero-order valence-electron chi connectivity index (χ0n) is 14.8. The van der Waals surface area contributed by atoms with Gasteiger partial charge in [-0.05, 0) is 35.7 Å². The van der Waals surface area contributed by atoms with Crippen LogP contribution in [-0.4, -0.2) is 26.0 Å². The van der Waals surface area contributed by atoms with Gasteiger partial charge in [-0.2, -0.15) is 0 Å². The van der Waals surface area contributed by atoms with Gasteiger partial charge in [0.25, 0.3) is 11.8 Å². The summed E-state index contributed by atoms with van der Waals surface area (Å²) in [4.78, 5) is 24.4. The lowest BCUT2D eigenvalue weighted by atomic mass is 10.0. The smallest absolute Gasteiger partial charge is 0.269 e. The molecule has 0 aliphatic carbocycles. The Morgan fingerprint density at radius 3 is 1.72 bits per heavy atom. The van der Waals surface area contributed by atoms with Crippen molar-refractivity contribution in [1.29, 1.82) is 0 Å². The maximum absolute atomic E-state index is 12.2. The van der Waals surface area contributed by atoms with Gasteiger partial charge in [-0.15, -0.1) is 0 Å². The van der Waals surface area contributed by atoms with Crippen molar-refractivity contribution >= 4 is 11.8 Å². The van der Waals surface area contributed by atoms with Crippen molar-refractivity contribution in [2.45, 2.75) is 19.8 Å². The minimum absolute atomic E-state index is 0.312. The summed E-state index contributed by atoms with van der Waals surface area (Å²) in [6.45, 7) is 4.16. The Morgan fingerprint density at radius 2 is 1.28 bits per heavy atom. The number of nitrogens with one attached hydrogen (secondary N) is 2. The van der Waals surface area contributed by atoms with E-state index < -0.39 is 11.8 Å². The number of hydrazine groups is 1. The van der Waals surface area contributed by atoms with Gasteiger partial charge in [0.15, 0.2) is 0 Å². The maximum Gasteiger partial charge on any atom is 0.269 e. The molecule has 0 saturated carbocycles. The molecule has 0 bridgehead atoms. The zero-order valence-corrected chi connectivity index (χ0v) is 14.8. The Hall–Kier alpha value is -3.02. The van der Waals surface area contributed by atoms with Crippen molar-refractivity contribution < 1.29 is 19.1 Å². The molecule has 0 fully saturated rings. The fourth-order valence-electron chi connectivity index (χ4n) is 2.22. The Bertz CT molecular complexity index is 732. The van der Waals surface area contributed by atoms with Gasteiger partial charge in [-0.25, -0.2) is 0 Å². The number of carbonyl (C=O) groups excluding carboxylic acids is 2. The molecule has 25 heavy (non-hydrogen) atoms. The van der Waals surface area contributed by atoms with Gasteiger partial charge in [0.1, 0.15) is 11.5 Å². The lowest BCUT2D eigenvalue weighted by molar-refractivity contribution is 0.0846. The first-order valence-electron chi connectivity index (χ1n) is 7.88. The van der Waals surface area contributed by atoms with E-state index in [1.165, 1.54) is 14.2 Å². The van der Waals surface area contributed by atoms with E-state index in [0.29, 0.717) is 28.5 Å². The highest BCUT2D eigenvalue weighted by Gasteiger charge is 2.12. The van der Waals surface area contributed by atoms with Crippen LogP contribution in [0.4, 0.5) is 0 Å². The maximum atomic E-state index is 12.2. The Balaban J connectivity index is 2.02. The summed E-state index contributed by atoms with van der Waals surface area (Å²) in [6, 6.07) is 12.0. The predicted octanol–water partition coefficient (Wildman–Crippen LogP) is 2.90. The number of hydrogen-bond donors (Lipinski definition) is 2. The molecule has 132 valence electrons. The van der Waals surface area contributed by atoms with Crippen LogP contribution in [0, 0.1) is 0 Å². The summed E-state index contributed by atoms with van der Waals surface area (Å²) >= 11 is 0. The first kappa shape index (κ1) is 18.3. The van der Waals surface area contributed by atoms with Crippen LogP contribution >= 0.6 is 0 Å². The molecule has 2 aromatic carbocycles. The summed E-state index contributed by atoms with van der Waals surface area (Å²) in [5, 5.41) is 0. The number of rotatable bonds is 5. The molecule has 0 atom stereocenters. The number of ether oxygens (including phenoxy) is 2. The van der Waals surface area contributed by atoms with E-state index in [-0.39, 0.29) is 0 Å². The molecule has 0 saturated heterocycles. The highest BCUT2D eigenvalue weighted by Crippen LogP contribution is 2.22. The topological polar surface area (TPSA) is 76.7 Å². The first-order valence-corrected chi connectivity index (χ1v) is 7.88. The van der Waals surface area contributed by atoms with Gasteiger partial charge < -0.3 is 9.47 Å². The molecule has 2 N–H and O–H groups in total. The number of amides is 2. The molecule has 0 radical (unpaired) electrons. The van der Waals surface area contributed by atoms with Crippen molar-refractivity contribution in [1.82, 2.24) is 10.9 Å². The van der Waals surface area contributed by atoms with E-state index in [4.69, 9.17) is 9.47 Å². The molecule has 0 spiro atoms. The summed E-state index contributed by atoms with van der Waals surface area (Å²) < 4.78 is 10.3. The third-order valence-electron chi connectivity index (χ3n) is 3.74. The summed E-state index contributed by atoms with van der Waals surface area (Å²) in [7, 11) is 3.00. The molecular formula is C19H22N2O4. The van der Waals surface area contributed by atoms with Crippen LogP contribution < -0.4 is 20.3 Å². The van der Waals surface area contributed by atoms with E-state index in [0.717, 1.165) is 5.56 Å². The second-order valence-corrected chi connectivity index (χ2v) is 5.79. The van der Waals surface area contributed by atoms with Crippen molar-refractivity contribution in [2.24, 2.45) is 0 Å². The SMILES string of the molecule is COc1cc(OC)cc(C(=O)NNC(=O)c2ccc(C(C)C)cc2)c1. The Kier molecular flexibility index (Phi) is 6.00. The molecule has 2 amide bonds. The van der Waals surface area contributed by atoms with E-state index >= 15 is 0 Å². The molecule has 2 rings (SSSR count). The van der Waals surface area contributed by atoms with Crippen LogP contribution in [0.25, 0.3) is 0 Å². The Morgan fingerprint density at radius 1 is 0.800 bits per heavy atom. The van der Waals surface area contributed by atoms with Gasteiger partial charge in [0.05, 0.1) is 14.2 Å². The molecule has 0 aromatic heterocycles. The largest absolute Gasteiger partial charge is 0.497 e. The fraction of sp³-hybridized carbons (Fsp3) is 0.263. The lowest BCUT2D eigenvalue weighted by Crippen LogP contribution is -2.41. The highest BCUT2D eigenvalue weighted by atomic mass is 16.5. The van der Waals surface area contributed by atoms with Crippen LogP contribution in [0.15, 0.2) is 42.5 Å². The molecule has 6 heteroatoms. The Labute approximate surface area is 147 Å². The van der Waals surface area contributed by atoms with Crippen molar-refractivity contribution in [3.63, 3.8) is 0 Å². The quantitative estimate of drug-likeness (QED) is 0.819. The summed E-state index contributed by atoms with van der Waals surface area (Å²) in [5.74, 6) is 0.503.